The zero-order valence-corrected chi connectivity index (χ0v) is 20.3. The number of hydrogen-bond acceptors (Lipinski definition) is 7. The van der Waals surface area contributed by atoms with E-state index >= 15 is 0 Å². The number of aromatic nitrogens is 3. The number of hydrogen-bond donors (Lipinski definition) is 2. The van der Waals surface area contributed by atoms with Gasteiger partial charge in [-0.1, -0.05) is 17.3 Å². The van der Waals surface area contributed by atoms with Crippen LogP contribution in [0.1, 0.15) is 40.3 Å². The van der Waals surface area contributed by atoms with Gasteiger partial charge in [0.1, 0.15) is 30.5 Å². The van der Waals surface area contributed by atoms with Gasteiger partial charge in [0.25, 0.3) is 11.8 Å². The summed E-state index contributed by atoms with van der Waals surface area (Å²) in [6.07, 6.45) is 1.47. The highest BCUT2D eigenvalue weighted by Gasteiger charge is 2.16. The van der Waals surface area contributed by atoms with E-state index in [9.17, 15) is 14.0 Å². The fourth-order valence-electron chi connectivity index (χ4n) is 3.26. The Morgan fingerprint density at radius 1 is 1.00 bits per heavy atom. The summed E-state index contributed by atoms with van der Waals surface area (Å²) in [5, 5.41) is 13.6. The van der Waals surface area contributed by atoms with Gasteiger partial charge in [-0.15, -0.1) is 5.10 Å². The number of carbonyl (C=O) groups excluding carboxylic acids is 2. The van der Waals surface area contributed by atoms with Gasteiger partial charge in [0, 0.05) is 18.7 Å². The lowest BCUT2D eigenvalue weighted by Gasteiger charge is -2.13. The van der Waals surface area contributed by atoms with Gasteiger partial charge in [-0.25, -0.2) is 9.07 Å². The second-order valence-electron chi connectivity index (χ2n) is 7.50. The smallest absolute Gasteiger partial charge is 0.273 e. The number of benzene rings is 2. The summed E-state index contributed by atoms with van der Waals surface area (Å²) in [5.41, 5.74) is 1.87. The number of amides is 2. The molecule has 36 heavy (non-hydrogen) atoms. The van der Waals surface area contributed by atoms with E-state index in [1.165, 1.54) is 10.9 Å². The van der Waals surface area contributed by atoms with Crippen LogP contribution in [0.3, 0.4) is 0 Å². The molecule has 1 heterocycles. The van der Waals surface area contributed by atoms with Crippen molar-refractivity contribution >= 4 is 11.8 Å². The first-order valence-corrected chi connectivity index (χ1v) is 11.7. The topological polar surface area (TPSA) is 117 Å². The van der Waals surface area contributed by atoms with Gasteiger partial charge in [0.15, 0.2) is 5.69 Å². The van der Waals surface area contributed by atoms with Crippen molar-refractivity contribution in [2.24, 2.45) is 0 Å². The zero-order chi connectivity index (χ0) is 25.8. The molecule has 2 aromatic carbocycles. The molecule has 0 aliphatic carbocycles. The van der Waals surface area contributed by atoms with Gasteiger partial charge in [-0.05, 0) is 49.7 Å². The van der Waals surface area contributed by atoms with Crippen molar-refractivity contribution in [1.29, 1.82) is 0 Å². The molecule has 0 radical (unpaired) electrons. The van der Waals surface area contributed by atoms with Gasteiger partial charge in [0.2, 0.25) is 0 Å². The first kappa shape index (κ1) is 26.6. The maximum Gasteiger partial charge on any atom is 0.273 e. The lowest BCUT2D eigenvalue weighted by atomic mass is 10.1. The van der Waals surface area contributed by atoms with E-state index in [1.54, 1.807) is 18.2 Å². The lowest BCUT2D eigenvalue weighted by molar-refractivity contribution is 0.0894. The molecule has 0 spiro atoms. The van der Waals surface area contributed by atoms with Crippen molar-refractivity contribution in [3.8, 4) is 17.2 Å². The highest BCUT2D eigenvalue weighted by Crippen LogP contribution is 2.24. The number of nitrogens with one attached hydrogen (secondary N) is 2. The molecule has 0 bridgehead atoms. The molecule has 0 aliphatic heterocycles. The second kappa shape index (κ2) is 13.8. The fourth-order valence-corrected chi connectivity index (χ4v) is 3.26. The Bertz CT molecular complexity index is 1150. The number of rotatable bonds is 14. The van der Waals surface area contributed by atoms with Crippen LogP contribution < -0.4 is 20.1 Å². The molecule has 192 valence electrons. The van der Waals surface area contributed by atoms with Crippen molar-refractivity contribution in [1.82, 2.24) is 25.6 Å². The highest BCUT2D eigenvalue weighted by atomic mass is 19.1. The molecule has 3 rings (SSSR count). The average molecular weight is 500 g/mol. The molecule has 0 fully saturated rings. The van der Waals surface area contributed by atoms with Crippen LogP contribution in [0.5, 0.6) is 11.5 Å². The minimum atomic E-state index is -0.584. The number of halogens is 1. The van der Waals surface area contributed by atoms with Crippen molar-refractivity contribution in [3.63, 3.8) is 0 Å². The molecule has 2 N–H and O–H groups in total. The molecule has 0 saturated heterocycles. The molecule has 11 heteroatoms. The summed E-state index contributed by atoms with van der Waals surface area (Å²) < 4.78 is 30.0. The largest absolute Gasteiger partial charge is 0.494 e. The molecule has 0 aliphatic rings. The molecule has 0 atom stereocenters. The van der Waals surface area contributed by atoms with Gasteiger partial charge < -0.3 is 24.8 Å². The quantitative estimate of drug-likeness (QED) is 0.328. The van der Waals surface area contributed by atoms with Crippen molar-refractivity contribution in [2.45, 2.75) is 20.4 Å². The number of ether oxygens (including phenoxy) is 3. The van der Waals surface area contributed by atoms with E-state index < -0.39 is 12.6 Å². The second-order valence-corrected chi connectivity index (χ2v) is 7.50. The average Bonchev–Trinajstić information content (AvgIpc) is 3.38. The Labute approximate surface area is 208 Å². The number of carbonyl (C=O) groups is 2. The third-order valence-corrected chi connectivity index (χ3v) is 4.90. The molecule has 3 aromatic rings. The zero-order valence-electron chi connectivity index (χ0n) is 20.3. The minimum absolute atomic E-state index is 0.0212. The Morgan fingerprint density at radius 2 is 1.86 bits per heavy atom. The standard InChI is InChI=1S/C25H30FN5O5/c1-3-27-24(32)19-8-9-22(23(15-19)36-13-12-34-11-10-26)31-17-21(29-30-31)25(33)28-16-18-6-5-7-20(14-18)35-4-2/h5-9,14-15,17H,3-4,10-13,16H2,1-2H3,(H,27,32)(H,28,33). The Hall–Kier alpha value is -3.99. The molecule has 1 aromatic heterocycles. The van der Waals surface area contributed by atoms with E-state index in [2.05, 4.69) is 20.9 Å². The maximum atomic E-state index is 12.7. The summed E-state index contributed by atoms with van der Waals surface area (Å²) in [6.45, 7) is 4.75. The van der Waals surface area contributed by atoms with Crippen LogP contribution in [0, 0.1) is 0 Å². The van der Waals surface area contributed by atoms with Crippen LogP contribution in [0.2, 0.25) is 0 Å². The monoisotopic (exact) mass is 499 g/mol. The predicted octanol–water partition coefficient (Wildman–Crippen LogP) is 2.71. The van der Waals surface area contributed by atoms with E-state index in [0.717, 1.165) is 11.3 Å². The number of nitrogens with zero attached hydrogens (tertiary/aromatic N) is 3. The summed E-state index contributed by atoms with van der Waals surface area (Å²) in [4.78, 5) is 24.9. The summed E-state index contributed by atoms with van der Waals surface area (Å²) in [7, 11) is 0. The van der Waals surface area contributed by atoms with Crippen LogP contribution in [0.4, 0.5) is 4.39 Å². The number of alkyl halides is 1. The van der Waals surface area contributed by atoms with E-state index in [1.807, 2.05) is 38.1 Å². The fraction of sp³-hybridized carbons (Fsp3) is 0.360. The van der Waals surface area contributed by atoms with Gasteiger partial charge in [0.05, 0.1) is 26.0 Å². The summed E-state index contributed by atoms with van der Waals surface area (Å²) in [6, 6.07) is 12.3. The van der Waals surface area contributed by atoms with Gasteiger partial charge in [-0.3, -0.25) is 9.59 Å². The molecular weight excluding hydrogens is 469 g/mol. The first-order chi connectivity index (χ1) is 17.5. The molecule has 10 nitrogen and oxygen atoms in total. The van der Waals surface area contributed by atoms with Crippen LogP contribution >= 0.6 is 0 Å². The third-order valence-electron chi connectivity index (χ3n) is 4.90. The van der Waals surface area contributed by atoms with Crippen LogP contribution in [-0.2, 0) is 11.3 Å². The van der Waals surface area contributed by atoms with Crippen LogP contribution in [-0.4, -0.2) is 66.5 Å². The normalized spacial score (nSPS) is 10.6. The van der Waals surface area contributed by atoms with Crippen LogP contribution in [0.15, 0.2) is 48.7 Å². The molecule has 2 amide bonds. The van der Waals surface area contributed by atoms with E-state index in [4.69, 9.17) is 14.2 Å². The summed E-state index contributed by atoms with van der Waals surface area (Å²) in [5.74, 6) is 0.417. The third kappa shape index (κ3) is 7.51. The lowest BCUT2D eigenvalue weighted by Crippen LogP contribution is -2.23. The molecule has 0 unspecified atom stereocenters. The van der Waals surface area contributed by atoms with Crippen molar-refractivity contribution < 1.29 is 28.2 Å². The van der Waals surface area contributed by atoms with Crippen LogP contribution in [0.25, 0.3) is 5.69 Å². The van der Waals surface area contributed by atoms with Gasteiger partial charge >= 0.3 is 0 Å². The van der Waals surface area contributed by atoms with Gasteiger partial charge in [-0.2, -0.15) is 0 Å². The van der Waals surface area contributed by atoms with Crippen molar-refractivity contribution in [2.75, 3.05) is 39.6 Å². The Morgan fingerprint density at radius 3 is 2.64 bits per heavy atom. The Balaban J connectivity index is 1.73. The Kier molecular flexibility index (Phi) is 10.2. The van der Waals surface area contributed by atoms with E-state index in [-0.39, 0.29) is 31.4 Å². The molecule has 0 saturated carbocycles. The SMILES string of the molecule is CCNC(=O)c1ccc(-n2cc(C(=O)NCc3cccc(OCC)c3)nn2)c(OCCOCCF)c1. The first-order valence-electron chi connectivity index (χ1n) is 11.7. The highest BCUT2D eigenvalue weighted by molar-refractivity contribution is 5.95. The maximum absolute atomic E-state index is 12.7. The molecular formula is C25H30FN5O5. The van der Waals surface area contributed by atoms with E-state index in [0.29, 0.717) is 36.7 Å². The summed E-state index contributed by atoms with van der Waals surface area (Å²) >= 11 is 0. The minimum Gasteiger partial charge on any atom is -0.494 e. The predicted molar refractivity (Wildman–Crippen MR) is 130 cm³/mol. The van der Waals surface area contributed by atoms with Crippen molar-refractivity contribution in [3.05, 3.63) is 65.5 Å².